The van der Waals surface area contributed by atoms with E-state index in [0.29, 0.717) is 9.21 Å². The molecule has 0 aliphatic heterocycles. The number of halogens is 2. The smallest absolute Gasteiger partial charge is 0.367 e. The summed E-state index contributed by atoms with van der Waals surface area (Å²) >= 11 is 6.83. The summed E-state index contributed by atoms with van der Waals surface area (Å²) in [5.74, 6) is -1.86. The third-order valence-electron chi connectivity index (χ3n) is 1.33. The number of esters is 1. The van der Waals surface area contributed by atoms with Crippen LogP contribution in [0.5, 0.6) is 0 Å². The van der Waals surface area contributed by atoms with Gasteiger partial charge in [-0.05, 0) is 25.1 Å². The molecule has 0 aromatic carbocycles. The Hall–Kier alpha value is -0.870. The Labute approximate surface area is 90.0 Å². The van der Waals surface area contributed by atoms with Crippen molar-refractivity contribution < 1.29 is 13.9 Å². The van der Waals surface area contributed by atoms with Gasteiger partial charge in [-0.3, -0.25) is 0 Å². The first-order valence-corrected chi connectivity index (χ1v) is 5.12. The van der Waals surface area contributed by atoms with Crippen molar-refractivity contribution in [3.63, 3.8) is 0 Å². The number of rotatable bonds is 3. The molecule has 0 amide bonds. The Morgan fingerprint density at radius 2 is 2.43 bits per heavy atom. The van der Waals surface area contributed by atoms with Gasteiger partial charge in [0.25, 0.3) is 0 Å². The molecular formula is C9H8ClFO2S. The molecule has 0 atom stereocenters. The van der Waals surface area contributed by atoms with Crippen LogP contribution in [0.25, 0.3) is 6.08 Å². The maximum absolute atomic E-state index is 13.0. The molecule has 0 radical (unpaired) electrons. The summed E-state index contributed by atoms with van der Waals surface area (Å²) in [7, 11) is 0. The fourth-order valence-electron chi connectivity index (χ4n) is 0.790. The molecule has 1 rings (SSSR count). The second kappa shape index (κ2) is 5.12. The van der Waals surface area contributed by atoms with Crippen LogP contribution in [0.3, 0.4) is 0 Å². The van der Waals surface area contributed by atoms with Gasteiger partial charge < -0.3 is 4.74 Å². The molecule has 0 saturated carbocycles. The first-order valence-electron chi connectivity index (χ1n) is 3.93. The van der Waals surface area contributed by atoms with E-state index in [9.17, 15) is 9.18 Å². The third kappa shape index (κ3) is 3.12. The minimum atomic E-state index is -0.947. The summed E-state index contributed by atoms with van der Waals surface area (Å²) in [4.78, 5) is 11.4. The quantitative estimate of drug-likeness (QED) is 0.593. The number of hydrogen-bond donors (Lipinski definition) is 0. The van der Waals surface area contributed by atoms with Crippen molar-refractivity contribution in [3.8, 4) is 0 Å². The van der Waals surface area contributed by atoms with E-state index in [1.807, 2.05) is 0 Å². The van der Waals surface area contributed by atoms with E-state index >= 15 is 0 Å². The van der Waals surface area contributed by atoms with Crippen LogP contribution in [0.2, 0.25) is 4.34 Å². The summed E-state index contributed by atoms with van der Waals surface area (Å²) in [5, 5.41) is 0. The fourth-order valence-corrected chi connectivity index (χ4v) is 1.78. The predicted octanol–water partition coefficient (Wildman–Crippen LogP) is 3.28. The van der Waals surface area contributed by atoms with Crippen LogP contribution in [0, 0.1) is 0 Å². The van der Waals surface area contributed by atoms with Crippen LogP contribution in [0.4, 0.5) is 4.39 Å². The zero-order valence-electron chi connectivity index (χ0n) is 7.42. The zero-order chi connectivity index (χ0) is 10.6. The lowest BCUT2D eigenvalue weighted by Crippen LogP contribution is -2.03. The topological polar surface area (TPSA) is 26.3 Å². The largest absolute Gasteiger partial charge is 0.461 e. The van der Waals surface area contributed by atoms with Gasteiger partial charge in [0.15, 0.2) is 0 Å². The molecule has 1 aromatic heterocycles. The Balaban J connectivity index is 2.73. The maximum Gasteiger partial charge on any atom is 0.367 e. The van der Waals surface area contributed by atoms with Crippen LogP contribution < -0.4 is 0 Å². The lowest BCUT2D eigenvalue weighted by atomic mass is 10.4. The minimum Gasteiger partial charge on any atom is -0.461 e. The Morgan fingerprint density at radius 1 is 1.71 bits per heavy atom. The van der Waals surface area contributed by atoms with Gasteiger partial charge in [0.1, 0.15) is 0 Å². The van der Waals surface area contributed by atoms with Gasteiger partial charge in [-0.2, -0.15) is 4.39 Å². The lowest BCUT2D eigenvalue weighted by molar-refractivity contribution is -0.140. The summed E-state index contributed by atoms with van der Waals surface area (Å²) in [6, 6.07) is 3.27. The van der Waals surface area contributed by atoms with Gasteiger partial charge in [0.2, 0.25) is 5.83 Å². The van der Waals surface area contributed by atoms with Crippen LogP contribution in [-0.2, 0) is 9.53 Å². The average Bonchev–Trinajstić information content (AvgIpc) is 2.51. The molecule has 0 unspecified atom stereocenters. The molecule has 2 nitrogen and oxygen atoms in total. The lowest BCUT2D eigenvalue weighted by Gasteiger charge is -1.96. The van der Waals surface area contributed by atoms with Gasteiger partial charge in [-0.1, -0.05) is 11.6 Å². The molecule has 0 spiro atoms. The SMILES string of the molecule is CCOC(=O)C(F)=Cc1ccc(Cl)s1. The molecule has 0 aliphatic carbocycles. The molecule has 1 aromatic rings. The number of ether oxygens (including phenoxy) is 1. The fraction of sp³-hybridized carbons (Fsp3) is 0.222. The van der Waals surface area contributed by atoms with E-state index < -0.39 is 11.8 Å². The first kappa shape index (κ1) is 11.2. The molecule has 0 N–H and O–H groups in total. The Kier molecular flexibility index (Phi) is 4.10. The highest BCUT2D eigenvalue weighted by molar-refractivity contribution is 7.17. The van der Waals surface area contributed by atoms with E-state index in [0.717, 1.165) is 6.08 Å². The number of carbonyl (C=O) groups excluding carboxylic acids is 1. The van der Waals surface area contributed by atoms with Crippen molar-refractivity contribution in [1.29, 1.82) is 0 Å². The summed E-state index contributed by atoms with van der Waals surface area (Å²) in [5.41, 5.74) is 0. The highest BCUT2D eigenvalue weighted by Crippen LogP contribution is 2.23. The highest BCUT2D eigenvalue weighted by Gasteiger charge is 2.09. The Morgan fingerprint density at radius 3 is 2.93 bits per heavy atom. The molecule has 0 aliphatic rings. The standard InChI is InChI=1S/C9H8ClFO2S/c1-2-13-9(12)7(11)5-6-3-4-8(10)14-6/h3-5H,2H2,1H3. The second-order valence-electron chi connectivity index (χ2n) is 2.35. The van der Waals surface area contributed by atoms with E-state index in [-0.39, 0.29) is 6.61 Å². The predicted molar refractivity (Wildman–Crippen MR) is 55.0 cm³/mol. The molecule has 0 saturated heterocycles. The van der Waals surface area contributed by atoms with Gasteiger partial charge >= 0.3 is 5.97 Å². The summed E-state index contributed by atoms with van der Waals surface area (Å²) < 4.78 is 18.0. The van der Waals surface area contributed by atoms with E-state index in [4.69, 9.17) is 11.6 Å². The van der Waals surface area contributed by atoms with Gasteiger partial charge in [-0.15, -0.1) is 11.3 Å². The van der Waals surface area contributed by atoms with Crippen LogP contribution in [0.1, 0.15) is 11.8 Å². The van der Waals surface area contributed by atoms with Crippen molar-refractivity contribution in [3.05, 3.63) is 27.2 Å². The molecule has 5 heteroatoms. The van der Waals surface area contributed by atoms with Gasteiger partial charge in [0.05, 0.1) is 10.9 Å². The Bertz CT molecular complexity index is 359. The number of hydrogen-bond acceptors (Lipinski definition) is 3. The third-order valence-corrected chi connectivity index (χ3v) is 2.51. The number of thiophene rings is 1. The monoisotopic (exact) mass is 234 g/mol. The van der Waals surface area contributed by atoms with Crippen molar-refractivity contribution in [2.24, 2.45) is 0 Å². The van der Waals surface area contributed by atoms with Crippen molar-refractivity contribution in [2.45, 2.75) is 6.92 Å². The van der Waals surface area contributed by atoms with Crippen molar-refractivity contribution in [1.82, 2.24) is 0 Å². The molecule has 0 fully saturated rings. The van der Waals surface area contributed by atoms with Crippen LogP contribution >= 0.6 is 22.9 Å². The highest BCUT2D eigenvalue weighted by atomic mass is 35.5. The van der Waals surface area contributed by atoms with E-state index in [1.54, 1.807) is 19.1 Å². The van der Waals surface area contributed by atoms with Crippen LogP contribution in [0.15, 0.2) is 18.0 Å². The van der Waals surface area contributed by atoms with Gasteiger partial charge in [0, 0.05) is 4.88 Å². The molecular weight excluding hydrogens is 227 g/mol. The first-order chi connectivity index (χ1) is 6.63. The molecule has 0 bridgehead atoms. The van der Waals surface area contributed by atoms with Crippen LogP contribution in [-0.4, -0.2) is 12.6 Å². The van der Waals surface area contributed by atoms with E-state index in [1.165, 1.54) is 11.3 Å². The minimum absolute atomic E-state index is 0.158. The summed E-state index contributed by atoms with van der Waals surface area (Å²) in [6.07, 6.45) is 1.11. The van der Waals surface area contributed by atoms with E-state index in [2.05, 4.69) is 4.74 Å². The molecule has 76 valence electrons. The second-order valence-corrected chi connectivity index (χ2v) is 4.10. The summed E-state index contributed by atoms with van der Waals surface area (Å²) in [6.45, 7) is 1.78. The average molecular weight is 235 g/mol. The van der Waals surface area contributed by atoms with Gasteiger partial charge in [-0.25, -0.2) is 4.79 Å². The maximum atomic E-state index is 13.0. The zero-order valence-corrected chi connectivity index (χ0v) is 8.99. The normalized spacial score (nSPS) is 11.5. The van der Waals surface area contributed by atoms with Crippen molar-refractivity contribution in [2.75, 3.05) is 6.61 Å². The van der Waals surface area contributed by atoms with Crippen molar-refractivity contribution >= 4 is 35.0 Å². The number of carbonyl (C=O) groups is 1. The molecule has 1 heterocycles. The molecule has 14 heavy (non-hydrogen) atoms.